The van der Waals surface area contributed by atoms with Crippen LogP contribution in [-0.2, 0) is 0 Å². The summed E-state index contributed by atoms with van der Waals surface area (Å²) in [5.74, 6) is 0. The summed E-state index contributed by atoms with van der Waals surface area (Å²) < 4.78 is 4.72. The Kier molecular flexibility index (Phi) is 3.19. The highest BCUT2D eigenvalue weighted by Crippen LogP contribution is 2.21. The van der Waals surface area contributed by atoms with Crippen molar-refractivity contribution in [3.8, 4) is 11.3 Å². The first-order valence-corrected chi connectivity index (χ1v) is 5.47. The van der Waals surface area contributed by atoms with Gasteiger partial charge in [0.15, 0.2) is 6.26 Å². The summed E-state index contributed by atoms with van der Waals surface area (Å²) in [5.41, 5.74) is 3.02. The zero-order valence-electron chi connectivity index (χ0n) is 9.55. The van der Waals surface area contributed by atoms with Gasteiger partial charge < -0.3 is 9.42 Å². The molecule has 1 aromatic carbocycles. The van der Waals surface area contributed by atoms with Crippen LogP contribution in [0.15, 0.2) is 35.1 Å². The number of nitrogens with zero attached hydrogens (tertiary/aromatic N) is 3. The van der Waals surface area contributed by atoms with Gasteiger partial charge >= 0.3 is 0 Å². The Labute approximate surface area is 94.9 Å². The Morgan fingerprint density at radius 3 is 2.31 bits per heavy atom. The van der Waals surface area contributed by atoms with Crippen molar-refractivity contribution in [3.63, 3.8) is 0 Å². The van der Waals surface area contributed by atoms with Gasteiger partial charge in [-0.1, -0.05) is 12.1 Å². The second-order valence-corrected chi connectivity index (χ2v) is 3.51. The Balaban J connectivity index is 2.22. The summed E-state index contributed by atoms with van der Waals surface area (Å²) in [6.45, 7) is 6.33. The van der Waals surface area contributed by atoms with Crippen molar-refractivity contribution in [2.24, 2.45) is 0 Å². The zero-order chi connectivity index (χ0) is 11.4. The standard InChI is InChI=1S/C12H15N3O/c1-3-15(4-2)11-7-5-10(6-8-11)12-9-16-14-13-12/h5-9H,3-4H2,1-2H3. The second-order valence-electron chi connectivity index (χ2n) is 3.51. The molecule has 0 saturated carbocycles. The van der Waals surface area contributed by atoms with Crippen LogP contribution >= 0.6 is 0 Å². The van der Waals surface area contributed by atoms with Gasteiger partial charge in [0.25, 0.3) is 0 Å². The third-order valence-electron chi connectivity index (χ3n) is 2.65. The molecule has 4 nitrogen and oxygen atoms in total. The highest BCUT2D eigenvalue weighted by molar-refractivity contribution is 5.61. The summed E-state index contributed by atoms with van der Waals surface area (Å²) in [6.07, 6.45) is 1.55. The van der Waals surface area contributed by atoms with Gasteiger partial charge in [-0.3, -0.25) is 0 Å². The molecule has 0 N–H and O–H groups in total. The van der Waals surface area contributed by atoms with Crippen LogP contribution in [-0.4, -0.2) is 23.5 Å². The van der Waals surface area contributed by atoms with Crippen molar-refractivity contribution in [2.75, 3.05) is 18.0 Å². The molecule has 16 heavy (non-hydrogen) atoms. The molecule has 0 unspecified atom stereocenters. The molecule has 2 rings (SSSR count). The molecular weight excluding hydrogens is 202 g/mol. The van der Waals surface area contributed by atoms with Crippen molar-refractivity contribution in [2.45, 2.75) is 13.8 Å². The summed E-state index contributed by atoms with van der Waals surface area (Å²) in [6, 6.07) is 8.26. The van der Waals surface area contributed by atoms with Crippen molar-refractivity contribution >= 4 is 5.69 Å². The van der Waals surface area contributed by atoms with E-state index in [1.54, 1.807) is 6.26 Å². The van der Waals surface area contributed by atoms with E-state index < -0.39 is 0 Å². The van der Waals surface area contributed by atoms with Crippen LogP contribution in [0.1, 0.15) is 13.8 Å². The SMILES string of the molecule is CCN(CC)c1ccc(-c2conn2)cc1. The molecule has 1 aromatic heterocycles. The third kappa shape index (κ3) is 2.05. The van der Waals surface area contributed by atoms with Crippen LogP contribution in [0.3, 0.4) is 0 Å². The van der Waals surface area contributed by atoms with E-state index in [0.29, 0.717) is 0 Å². The maximum atomic E-state index is 4.72. The van der Waals surface area contributed by atoms with Crippen LogP contribution in [0.2, 0.25) is 0 Å². The van der Waals surface area contributed by atoms with Crippen LogP contribution in [0.25, 0.3) is 11.3 Å². The molecule has 0 fully saturated rings. The quantitative estimate of drug-likeness (QED) is 0.789. The lowest BCUT2D eigenvalue weighted by Gasteiger charge is -2.20. The van der Waals surface area contributed by atoms with E-state index >= 15 is 0 Å². The Hall–Kier alpha value is -1.84. The van der Waals surface area contributed by atoms with E-state index in [0.717, 1.165) is 24.3 Å². The van der Waals surface area contributed by atoms with E-state index in [1.807, 2.05) is 12.1 Å². The molecule has 1 heterocycles. The molecule has 0 aliphatic heterocycles. The maximum Gasteiger partial charge on any atom is 0.152 e. The fourth-order valence-electron chi connectivity index (χ4n) is 1.72. The van der Waals surface area contributed by atoms with E-state index in [1.165, 1.54) is 5.69 Å². The lowest BCUT2D eigenvalue weighted by atomic mass is 10.1. The molecule has 0 saturated heterocycles. The van der Waals surface area contributed by atoms with Gasteiger partial charge in [-0.15, -0.1) is 5.10 Å². The Morgan fingerprint density at radius 2 is 1.81 bits per heavy atom. The van der Waals surface area contributed by atoms with Crippen LogP contribution in [0, 0.1) is 0 Å². The van der Waals surface area contributed by atoms with Crippen LogP contribution < -0.4 is 4.90 Å². The molecule has 2 aromatic rings. The smallest absolute Gasteiger partial charge is 0.152 e. The predicted molar refractivity (Wildman–Crippen MR) is 63.3 cm³/mol. The minimum atomic E-state index is 0.770. The van der Waals surface area contributed by atoms with Crippen molar-refractivity contribution in [1.82, 2.24) is 10.4 Å². The highest BCUT2D eigenvalue weighted by atomic mass is 16.5. The van der Waals surface area contributed by atoms with Gasteiger partial charge in [-0.25, -0.2) is 0 Å². The molecule has 84 valence electrons. The second kappa shape index (κ2) is 4.79. The van der Waals surface area contributed by atoms with Gasteiger partial charge in [-0.05, 0) is 26.0 Å². The third-order valence-corrected chi connectivity index (χ3v) is 2.65. The highest BCUT2D eigenvalue weighted by Gasteiger charge is 2.04. The Bertz CT molecular complexity index is 418. The predicted octanol–water partition coefficient (Wildman–Crippen LogP) is 2.58. The number of aromatic nitrogens is 2. The number of anilines is 1. The van der Waals surface area contributed by atoms with Crippen LogP contribution in [0.4, 0.5) is 5.69 Å². The first-order valence-electron chi connectivity index (χ1n) is 5.47. The fourth-order valence-corrected chi connectivity index (χ4v) is 1.72. The molecule has 0 radical (unpaired) electrons. The fraction of sp³-hybridized carbons (Fsp3) is 0.333. The van der Waals surface area contributed by atoms with Gasteiger partial charge in [0, 0.05) is 29.6 Å². The molecule has 0 spiro atoms. The first-order chi connectivity index (χ1) is 7.85. The lowest BCUT2D eigenvalue weighted by Crippen LogP contribution is -2.21. The molecule has 0 aliphatic rings. The first kappa shape index (κ1) is 10.7. The van der Waals surface area contributed by atoms with Crippen LogP contribution in [0.5, 0.6) is 0 Å². The number of hydrogen-bond donors (Lipinski definition) is 0. The monoisotopic (exact) mass is 217 g/mol. The van der Waals surface area contributed by atoms with Gasteiger partial charge in [0.1, 0.15) is 5.69 Å². The van der Waals surface area contributed by atoms with E-state index in [9.17, 15) is 0 Å². The number of hydrogen-bond acceptors (Lipinski definition) is 4. The average Bonchev–Trinajstić information content (AvgIpc) is 2.85. The molecule has 0 bridgehead atoms. The minimum Gasteiger partial charge on any atom is -0.372 e. The minimum absolute atomic E-state index is 0.770. The zero-order valence-corrected chi connectivity index (χ0v) is 9.55. The number of rotatable bonds is 4. The van der Waals surface area contributed by atoms with E-state index in [4.69, 9.17) is 4.52 Å². The summed E-state index contributed by atoms with van der Waals surface area (Å²) in [7, 11) is 0. The summed E-state index contributed by atoms with van der Waals surface area (Å²) in [5, 5.41) is 7.32. The largest absolute Gasteiger partial charge is 0.372 e. The van der Waals surface area contributed by atoms with Gasteiger partial charge in [-0.2, -0.15) is 0 Å². The molecule has 4 heteroatoms. The lowest BCUT2D eigenvalue weighted by molar-refractivity contribution is 0.393. The van der Waals surface area contributed by atoms with Gasteiger partial charge in [0.05, 0.1) is 0 Å². The normalized spacial score (nSPS) is 10.4. The molecule has 0 amide bonds. The summed E-state index contributed by atoms with van der Waals surface area (Å²) >= 11 is 0. The maximum absolute atomic E-state index is 4.72. The van der Waals surface area contributed by atoms with E-state index in [-0.39, 0.29) is 0 Å². The summed E-state index contributed by atoms with van der Waals surface area (Å²) in [4.78, 5) is 2.30. The average molecular weight is 217 g/mol. The van der Waals surface area contributed by atoms with Crippen molar-refractivity contribution in [3.05, 3.63) is 30.5 Å². The van der Waals surface area contributed by atoms with E-state index in [2.05, 4.69) is 41.3 Å². The molecular formula is C12H15N3O. The molecule has 0 aliphatic carbocycles. The van der Waals surface area contributed by atoms with Crippen molar-refractivity contribution in [1.29, 1.82) is 0 Å². The van der Waals surface area contributed by atoms with Crippen molar-refractivity contribution < 1.29 is 4.52 Å². The number of benzene rings is 1. The topological polar surface area (TPSA) is 42.2 Å². The van der Waals surface area contributed by atoms with Gasteiger partial charge in [0.2, 0.25) is 0 Å². The molecule has 0 atom stereocenters. The Morgan fingerprint density at radius 1 is 1.12 bits per heavy atom.